The summed E-state index contributed by atoms with van der Waals surface area (Å²) in [4.78, 5) is 0. The third-order valence-electron chi connectivity index (χ3n) is 4.15. The van der Waals surface area contributed by atoms with Gasteiger partial charge in [-0.25, -0.2) is 0 Å². The number of rotatable bonds is 4. The van der Waals surface area contributed by atoms with Gasteiger partial charge in [0.25, 0.3) is 0 Å². The van der Waals surface area contributed by atoms with Crippen LogP contribution >= 0.6 is 0 Å². The van der Waals surface area contributed by atoms with E-state index in [0.29, 0.717) is 5.92 Å². The lowest BCUT2D eigenvalue weighted by atomic mass is 9.80. The molecule has 0 amide bonds. The van der Waals surface area contributed by atoms with Gasteiger partial charge in [0, 0.05) is 5.92 Å². The highest BCUT2D eigenvalue weighted by Crippen LogP contribution is 2.48. The van der Waals surface area contributed by atoms with Crippen LogP contribution in [-0.4, -0.2) is 17.7 Å². The van der Waals surface area contributed by atoms with Crippen molar-refractivity contribution < 1.29 is 9.15 Å². The maximum Gasteiger partial charge on any atom is 0.123 e. The zero-order chi connectivity index (χ0) is 14.3. The van der Waals surface area contributed by atoms with Crippen molar-refractivity contribution in [3.05, 3.63) is 23.7 Å². The molecule has 2 atom stereocenters. The second-order valence-electron chi connectivity index (χ2n) is 6.78. The topological polar surface area (TPSA) is 34.4 Å². The van der Waals surface area contributed by atoms with Crippen molar-refractivity contribution in [1.29, 1.82) is 0 Å². The van der Waals surface area contributed by atoms with Gasteiger partial charge >= 0.3 is 0 Å². The standard InChI is InChI=1S/C16H27NO2/c1-7-17-13(14-11(2)8-9-18-14)12-10-15(3,4)19-16(12,5)6/h8-9,12-13,17H,7,10H2,1-6H3. The molecule has 108 valence electrons. The Morgan fingerprint density at radius 1 is 1.37 bits per heavy atom. The van der Waals surface area contributed by atoms with E-state index in [2.05, 4.69) is 46.9 Å². The minimum absolute atomic E-state index is 0.0671. The largest absolute Gasteiger partial charge is 0.467 e. The van der Waals surface area contributed by atoms with Crippen LogP contribution in [0.4, 0.5) is 0 Å². The van der Waals surface area contributed by atoms with Gasteiger partial charge < -0.3 is 14.5 Å². The van der Waals surface area contributed by atoms with Crippen LogP contribution in [0.5, 0.6) is 0 Å². The van der Waals surface area contributed by atoms with Crippen molar-refractivity contribution in [2.24, 2.45) is 5.92 Å². The fraction of sp³-hybridized carbons (Fsp3) is 0.750. The lowest BCUT2D eigenvalue weighted by molar-refractivity contribution is -0.0784. The van der Waals surface area contributed by atoms with Gasteiger partial charge in [-0.05, 0) is 59.2 Å². The van der Waals surface area contributed by atoms with E-state index in [1.54, 1.807) is 6.26 Å². The summed E-state index contributed by atoms with van der Waals surface area (Å²) in [5.74, 6) is 1.47. The van der Waals surface area contributed by atoms with Gasteiger partial charge in [0.1, 0.15) is 5.76 Å². The number of furan rings is 1. The van der Waals surface area contributed by atoms with E-state index in [4.69, 9.17) is 9.15 Å². The molecule has 1 aromatic heterocycles. The lowest BCUT2D eigenvalue weighted by Gasteiger charge is -2.32. The van der Waals surface area contributed by atoms with E-state index in [-0.39, 0.29) is 17.2 Å². The molecule has 0 spiro atoms. The highest BCUT2D eigenvalue weighted by atomic mass is 16.5. The first-order valence-corrected chi connectivity index (χ1v) is 7.24. The molecule has 19 heavy (non-hydrogen) atoms. The lowest BCUT2D eigenvalue weighted by Crippen LogP contribution is -2.38. The third-order valence-corrected chi connectivity index (χ3v) is 4.15. The zero-order valence-corrected chi connectivity index (χ0v) is 13.0. The molecule has 2 unspecified atom stereocenters. The Labute approximate surface area is 116 Å². The third kappa shape index (κ3) is 2.87. The van der Waals surface area contributed by atoms with Gasteiger partial charge in [-0.3, -0.25) is 0 Å². The summed E-state index contributed by atoms with van der Waals surface area (Å²) in [5, 5.41) is 3.59. The average Bonchev–Trinajstić information content (AvgIpc) is 2.76. The molecular formula is C16H27NO2. The first-order chi connectivity index (χ1) is 8.77. The minimum atomic E-state index is -0.143. The quantitative estimate of drug-likeness (QED) is 0.898. The molecule has 0 saturated carbocycles. The van der Waals surface area contributed by atoms with Gasteiger partial charge in [-0.1, -0.05) is 6.92 Å². The fourth-order valence-corrected chi connectivity index (χ4v) is 3.46. The number of nitrogens with one attached hydrogen (secondary N) is 1. The van der Waals surface area contributed by atoms with E-state index in [1.807, 2.05) is 6.07 Å². The van der Waals surface area contributed by atoms with Crippen molar-refractivity contribution in [2.75, 3.05) is 6.54 Å². The summed E-state index contributed by atoms with van der Waals surface area (Å²) >= 11 is 0. The van der Waals surface area contributed by atoms with Crippen molar-refractivity contribution >= 4 is 0 Å². The van der Waals surface area contributed by atoms with Crippen LogP contribution in [0.15, 0.2) is 16.7 Å². The second-order valence-corrected chi connectivity index (χ2v) is 6.78. The van der Waals surface area contributed by atoms with E-state index in [1.165, 1.54) is 5.56 Å². The summed E-state index contributed by atoms with van der Waals surface area (Å²) in [6.45, 7) is 13.9. The molecule has 3 heteroatoms. The summed E-state index contributed by atoms with van der Waals surface area (Å²) in [6.07, 6.45) is 2.82. The summed E-state index contributed by atoms with van der Waals surface area (Å²) < 4.78 is 12.0. The smallest absolute Gasteiger partial charge is 0.123 e. The van der Waals surface area contributed by atoms with Gasteiger partial charge in [-0.15, -0.1) is 0 Å². The Hall–Kier alpha value is -0.800. The molecule has 2 heterocycles. The second kappa shape index (κ2) is 4.95. The molecule has 0 aromatic carbocycles. The molecule has 3 nitrogen and oxygen atoms in total. The molecule has 0 bridgehead atoms. The number of aryl methyl sites for hydroxylation is 1. The molecule has 1 N–H and O–H groups in total. The first-order valence-electron chi connectivity index (χ1n) is 7.24. The average molecular weight is 265 g/mol. The van der Waals surface area contributed by atoms with E-state index in [9.17, 15) is 0 Å². The Bertz CT molecular complexity index is 434. The molecule has 0 radical (unpaired) electrons. The zero-order valence-electron chi connectivity index (χ0n) is 13.0. The highest BCUT2D eigenvalue weighted by Gasteiger charge is 2.50. The van der Waals surface area contributed by atoms with Gasteiger partial charge in [-0.2, -0.15) is 0 Å². The Balaban J connectivity index is 2.32. The molecule has 1 fully saturated rings. The summed E-state index contributed by atoms with van der Waals surface area (Å²) in [7, 11) is 0. The van der Waals surface area contributed by atoms with Crippen molar-refractivity contribution in [1.82, 2.24) is 5.32 Å². The number of hydrogen-bond acceptors (Lipinski definition) is 3. The van der Waals surface area contributed by atoms with Crippen LogP contribution in [0.25, 0.3) is 0 Å². The van der Waals surface area contributed by atoms with Crippen LogP contribution in [0, 0.1) is 12.8 Å². The number of ether oxygens (including phenoxy) is 1. The summed E-state index contributed by atoms with van der Waals surface area (Å²) in [6, 6.07) is 2.25. The molecule has 2 rings (SSSR count). The Morgan fingerprint density at radius 2 is 2.05 bits per heavy atom. The van der Waals surface area contributed by atoms with Gasteiger partial charge in [0.05, 0.1) is 23.5 Å². The number of hydrogen-bond donors (Lipinski definition) is 1. The molecule has 0 aliphatic carbocycles. The Kier molecular flexibility index (Phi) is 3.80. The van der Waals surface area contributed by atoms with Crippen molar-refractivity contribution in [3.63, 3.8) is 0 Å². The van der Waals surface area contributed by atoms with E-state index >= 15 is 0 Å². The predicted octanol–water partition coefficient (Wildman–Crippen LogP) is 3.83. The molecular weight excluding hydrogens is 238 g/mol. The molecule has 1 aromatic rings. The van der Waals surface area contributed by atoms with Crippen LogP contribution in [0.2, 0.25) is 0 Å². The van der Waals surface area contributed by atoms with Crippen LogP contribution in [-0.2, 0) is 4.74 Å². The normalized spacial score (nSPS) is 26.5. The summed E-state index contributed by atoms with van der Waals surface area (Å²) in [5.41, 5.74) is 1.00. The molecule has 1 aliphatic heterocycles. The SMILES string of the molecule is CCNC(c1occc1C)C1CC(C)(C)OC1(C)C. The Morgan fingerprint density at radius 3 is 2.47 bits per heavy atom. The van der Waals surface area contributed by atoms with Crippen molar-refractivity contribution in [3.8, 4) is 0 Å². The van der Waals surface area contributed by atoms with Crippen LogP contribution in [0.3, 0.4) is 0 Å². The highest BCUT2D eigenvalue weighted by molar-refractivity contribution is 5.21. The first kappa shape index (κ1) is 14.6. The predicted molar refractivity (Wildman–Crippen MR) is 77.2 cm³/mol. The monoisotopic (exact) mass is 265 g/mol. The van der Waals surface area contributed by atoms with Gasteiger partial charge in [0.15, 0.2) is 0 Å². The molecule has 1 saturated heterocycles. The van der Waals surface area contributed by atoms with E-state index in [0.717, 1.165) is 18.7 Å². The minimum Gasteiger partial charge on any atom is -0.467 e. The fourth-order valence-electron chi connectivity index (χ4n) is 3.46. The maximum atomic E-state index is 6.23. The molecule has 1 aliphatic rings. The maximum absolute atomic E-state index is 6.23. The van der Waals surface area contributed by atoms with Crippen LogP contribution in [0.1, 0.15) is 58.4 Å². The van der Waals surface area contributed by atoms with E-state index < -0.39 is 0 Å². The van der Waals surface area contributed by atoms with Gasteiger partial charge in [0.2, 0.25) is 0 Å². The van der Waals surface area contributed by atoms with Crippen molar-refractivity contribution in [2.45, 2.75) is 65.2 Å². The van der Waals surface area contributed by atoms with Crippen LogP contribution < -0.4 is 5.32 Å².